The average Bonchev–Trinajstić information content (AvgIpc) is 2.59. The summed E-state index contributed by atoms with van der Waals surface area (Å²) in [6, 6.07) is 9.23. The molecule has 0 saturated heterocycles. The van der Waals surface area contributed by atoms with Gasteiger partial charge in [0.15, 0.2) is 5.78 Å². The van der Waals surface area contributed by atoms with Crippen LogP contribution in [0.4, 0.5) is 10.1 Å². The Bertz CT molecular complexity index is 813. The van der Waals surface area contributed by atoms with Crippen molar-refractivity contribution in [1.29, 1.82) is 0 Å². The van der Waals surface area contributed by atoms with Crippen LogP contribution in [0, 0.1) is 5.82 Å². The predicted molar refractivity (Wildman–Crippen MR) is 104 cm³/mol. The lowest BCUT2D eigenvalue weighted by atomic mass is 10.1. The number of hydrogen-bond donors (Lipinski definition) is 1. The molecule has 2 rings (SSSR count). The first-order valence-corrected chi connectivity index (χ1v) is 9.53. The van der Waals surface area contributed by atoms with Crippen molar-refractivity contribution < 1.29 is 18.7 Å². The quantitative estimate of drug-likeness (QED) is 0.642. The Morgan fingerprint density at radius 3 is 2.69 bits per heavy atom. The normalized spacial score (nSPS) is 10.5. The molecule has 26 heavy (non-hydrogen) atoms. The summed E-state index contributed by atoms with van der Waals surface area (Å²) < 4.78 is 19.2. The molecule has 0 spiro atoms. The summed E-state index contributed by atoms with van der Waals surface area (Å²) in [5.74, 6) is 0.390. The Hall–Kier alpha value is -2.05. The van der Waals surface area contributed by atoms with Crippen LogP contribution in [0.2, 0.25) is 5.02 Å². The summed E-state index contributed by atoms with van der Waals surface area (Å²) in [5, 5.41) is 2.85. The predicted octanol–water partition coefficient (Wildman–Crippen LogP) is 4.95. The minimum atomic E-state index is -0.541. The highest BCUT2D eigenvalue weighted by atomic mass is 35.5. The smallest absolute Gasteiger partial charge is 0.234 e. The molecule has 0 fully saturated rings. The minimum absolute atomic E-state index is 0.0338. The monoisotopic (exact) mass is 395 g/mol. The minimum Gasteiger partial charge on any atom is -0.494 e. The Morgan fingerprint density at radius 1 is 1.23 bits per heavy atom. The third-order valence-corrected chi connectivity index (χ3v) is 4.68. The number of rotatable bonds is 8. The average molecular weight is 396 g/mol. The van der Waals surface area contributed by atoms with E-state index in [0.717, 1.165) is 5.56 Å². The molecule has 0 saturated carbocycles. The van der Waals surface area contributed by atoms with Gasteiger partial charge < -0.3 is 10.1 Å². The number of carbonyl (C=O) groups is 2. The van der Waals surface area contributed by atoms with Gasteiger partial charge >= 0.3 is 0 Å². The number of Topliss-reactive ketones (excluding diaryl/α,β-unsaturated/α-hetero) is 1. The number of carbonyl (C=O) groups excluding carboxylic acids is 2. The van der Waals surface area contributed by atoms with E-state index in [1.807, 2.05) is 6.92 Å². The molecule has 2 aromatic carbocycles. The van der Waals surface area contributed by atoms with Crippen molar-refractivity contribution in [2.24, 2.45) is 0 Å². The highest BCUT2D eigenvalue weighted by molar-refractivity contribution is 7.99. The summed E-state index contributed by atoms with van der Waals surface area (Å²) in [6.07, 6.45) is 0. The van der Waals surface area contributed by atoms with Crippen LogP contribution < -0.4 is 10.1 Å². The molecule has 7 heteroatoms. The third kappa shape index (κ3) is 5.75. The van der Waals surface area contributed by atoms with Crippen molar-refractivity contribution in [1.82, 2.24) is 0 Å². The van der Waals surface area contributed by atoms with E-state index in [0.29, 0.717) is 28.7 Å². The highest BCUT2D eigenvalue weighted by Crippen LogP contribution is 2.26. The molecule has 0 atom stereocenters. The van der Waals surface area contributed by atoms with Crippen molar-refractivity contribution in [3.05, 3.63) is 58.4 Å². The van der Waals surface area contributed by atoms with Gasteiger partial charge in [-0.25, -0.2) is 4.39 Å². The van der Waals surface area contributed by atoms with Crippen LogP contribution in [-0.2, 0) is 10.5 Å². The van der Waals surface area contributed by atoms with E-state index in [4.69, 9.17) is 16.3 Å². The van der Waals surface area contributed by atoms with Crippen molar-refractivity contribution in [3.63, 3.8) is 0 Å². The Kier molecular flexibility index (Phi) is 7.48. The number of amides is 1. The number of halogens is 2. The molecule has 0 radical (unpaired) electrons. The molecular weight excluding hydrogens is 377 g/mol. The molecule has 4 nitrogen and oxygen atoms in total. The van der Waals surface area contributed by atoms with Crippen LogP contribution in [0.25, 0.3) is 0 Å². The van der Waals surface area contributed by atoms with Gasteiger partial charge in [-0.05, 0) is 50.2 Å². The van der Waals surface area contributed by atoms with Crippen LogP contribution >= 0.6 is 23.4 Å². The largest absolute Gasteiger partial charge is 0.494 e. The van der Waals surface area contributed by atoms with Crippen molar-refractivity contribution in [2.45, 2.75) is 19.6 Å². The summed E-state index contributed by atoms with van der Waals surface area (Å²) in [6.45, 7) is 3.88. The zero-order chi connectivity index (χ0) is 19.1. The van der Waals surface area contributed by atoms with Crippen molar-refractivity contribution in [3.8, 4) is 5.75 Å². The van der Waals surface area contributed by atoms with E-state index in [9.17, 15) is 14.0 Å². The van der Waals surface area contributed by atoms with Crippen LogP contribution in [-0.4, -0.2) is 24.1 Å². The number of ketones is 1. The maximum Gasteiger partial charge on any atom is 0.234 e. The van der Waals surface area contributed by atoms with Crippen molar-refractivity contribution >= 4 is 40.7 Å². The second-order valence-electron chi connectivity index (χ2n) is 5.48. The van der Waals surface area contributed by atoms with Gasteiger partial charge in [-0.15, -0.1) is 11.8 Å². The molecule has 0 aliphatic rings. The van der Waals surface area contributed by atoms with Gasteiger partial charge in [-0.2, -0.15) is 0 Å². The molecule has 1 N–H and O–H groups in total. The summed E-state index contributed by atoms with van der Waals surface area (Å²) in [4.78, 5) is 23.6. The molecular formula is C19H19ClFNO3S. The van der Waals surface area contributed by atoms with Gasteiger partial charge in [0.2, 0.25) is 5.91 Å². The number of ether oxygens (including phenoxy) is 1. The zero-order valence-corrected chi connectivity index (χ0v) is 16.0. The Balaban J connectivity index is 1.98. The zero-order valence-electron chi connectivity index (χ0n) is 14.5. The van der Waals surface area contributed by atoms with Crippen LogP contribution in [0.5, 0.6) is 5.75 Å². The maximum atomic E-state index is 13.6. The van der Waals surface area contributed by atoms with E-state index < -0.39 is 5.82 Å². The standard InChI is InChI=1S/C19H19ClFNO3S/c1-3-25-18-7-4-13(12(2)23)8-14(18)10-26-11-19(24)22-17-9-15(20)5-6-16(17)21/h4-9H,3,10-11H2,1-2H3,(H,22,24). The van der Waals surface area contributed by atoms with Crippen LogP contribution in [0.15, 0.2) is 36.4 Å². The molecule has 2 aromatic rings. The number of thioether (sulfide) groups is 1. The van der Waals surface area contributed by atoms with E-state index in [1.165, 1.54) is 36.9 Å². The number of anilines is 1. The fourth-order valence-corrected chi connectivity index (χ4v) is 3.22. The maximum absolute atomic E-state index is 13.6. The second kappa shape index (κ2) is 9.59. The van der Waals surface area contributed by atoms with E-state index in [2.05, 4.69) is 5.32 Å². The Labute approximate surface area is 161 Å². The molecule has 138 valence electrons. The van der Waals surface area contributed by atoms with Gasteiger partial charge in [0.05, 0.1) is 18.0 Å². The molecule has 0 unspecified atom stereocenters. The molecule has 0 aromatic heterocycles. The molecule has 1 amide bonds. The SMILES string of the molecule is CCOc1ccc(C(C)=O)cc1CSCC(=O)Nc1cc(Cl)ccc1F. The second-order valence-corrected chi connectivity index (χ2v) is 6.90. The summed E-state index contributed by atoms with van der Waals surface area (Å²) in [7, 11) is 0. The van der Waals surface area contributed by atoms with Crippen LogP contribution in [0.3, 0.4) is 0 Å². The fourth-order valence-electron chi connectivity index (χ4n) is 2.24. The van der Waals surface area contributed by atoms with Crippen LogP contribution in [0.1, 0.15) is 29.8 Å². The summed E-state index contributed by atoms with van der Waals surface area (Å²) >= 11 is 7.15. The lowest BCUT2D eigenvalue weighted by Gasteiger charge is -2.11. The fraction of sp³-hybridized carbons (Fsp3) is 0.263. The van der Waals surface area contributed by atoms with E-state index >= 15 is 0 Å². The van der Waals surface area contributed by atoms with Crippen molar-refractivity contribution in [2.75, 3.05) is 17.7 Å². The van der Waals surface area contributed by atoms with Gasteiger partial charge in [0.25, 0.3) is 0 Å². The third-order valence-electron chi connectivity index (χ3n) is 3.46. The number of benzene rings is 2. The first-order chi connectivity index (χ1) is 12.4. The number of nitrogens with one attached hydrogen (secondary N) is 1. The van der Waals surface area contributed by atoms with E-state index in [-0.39, 0.29) is 23.1 Å². The first-order valence-electron chi connectivity index (χ1n) is 8.00. The molecule has 0 aliphatic carbocycles. The molecule has 0 heterocycles. The summed E-state index contributed by atoms with van der Waals surface area (Å²) in [5.41, 5.74) is 1.48. The topological polar surface area (TPSA) is 55.4 Å². The van der Waals surface area contributed by atoms with Gasteiger partial charge in [0, 0.05) is 21.9 Å². The highest BCUT2D eigenvalue weighted by Gasteiger charge is 2.11. The van der Waals surface area contributed by atoms with Gasteiger partial charge in [-0.3, -0.25) is 9.59 Å². The number of hydrogen-bond acceptors (Lipinski definition) is 4. The Morgan fingerprint density at radius 2 is 2.00 bits per heavy atom. The van der Waals surface area contributed by atoms with Gasteiger partial charge in [0.1, 0.15) is 11.6 Å². The van der Waals surface area contributed by atoms with Gasteiger partial charge in [-0.1, -0.05) is 11.6 Å². The lowest BCUT2D eigenvalue weighted by molar-refractivity contribution is -0.113. The first kappa shape index (κ1) is 20.3. The molecule has 0 aliphatic heterocycles. The lowest BCUT2D eigenvalue weighted by Crippen LogP contribution is -2.15. The molecule has 0 bridgehead atoms. The van der Waals surface area contributed by atoms with E-state index in [1.54, 1.807) is 18.2 Å².